The van der Waals surface area contributed by atoms with Crippen LogP contribution in [0.4, 0.5) is 0 Å². The second-order valence-corrected chi connectivity index (χ2v) is 5.90. The lowest BCUT2D eigenvalue weighted by molar-refractivity contribution is 0.354. The van der Waals surface area contributed by atoms with Crippen LogP contribution in [-0.2, 0) is 0 Å². The summed E-state index contributed by atoms with van der Waals surface area (Å²) in [6.07, 6.45) is 0. The van der Waals surface area contributed by atoms with Crippen LogP contribution in [0.5, 0.6) is 17.2 Å². The lowest BCUT2D eigenvalue weighted by Gasteiger charge is -2.12. The monoisotopic (exact) mass is 292 g/mol. The van der Waals surface area contributed by atoms with Crippen molar-refractivity contribution in [3.63, 3.8) is 0 Å². The molecule has 0 spiro atoms. The van der Waals surface area contributed by atoms with Crippen LogP contribution in [0.15, 0.2) is 19.6 Å². The Balaban J connectivity index is 2.67. The highest BCUT2D eigenvalue weighted by Gasteiger charge is 2.31. The van der Waals surface area contributed by atoms with E-state index in [1.807, 2.05) is 0 Å². The van der Waals surface area contributed by atoms with Crippen LogP contribution in [0.1, 0.15) is 5.56 Å². The molecule has 19 heavy (non-hydrogen) atoms. The van der Waals surface area contributed by atoms with Gasteiger partial charge < -0.3 is 14.9 Å². The average Bonchev–Trinajstić information content (AvgIpc) is 2.84. The maximum absolute atomic E-state index is 10.1. The third-order valence-corrected chi connectivity index (χ3v) is 5.18. The molecule has 0 aromatic heterocycles. The molecule has 2 rings (SSSR count). The van der Waals surface area contributed by atoms with Crippen LogP contribution in [0, 0.1) is 29.6 Å². The fourth-order valence-electron chi connectivity index (χ4n) is 1.64. The number of methoxy groups -OCH3 is 1. The van der Waals surface area contributed by atoms with E-state index < -0.39 is 0 Å². The molecule has 0 aliphatic carbocycles. The van der Waals surface area contributed by atoms with Crippen molar-refractivity contribution in [2.24, 2.45) is 0 Å². The predicted molar refractivity (Wildman–Crippen MR) is 71.0 cm³/mol. The van der Waals surface area contributed by atoms with Gasteiger partial charge in [0.2, 0.25) is 0 Å². The van der Waals surface area contributed by atoms with Crippen molar-refractivity contribution in [1.82, 2.24) is 0 Å². The number of aromatic hydroxyl groups is 2. The van der Waals surface area contributed by atoms with Gasteiger partial charge in [-0.2, -0.15) is 10.5 Å². The van der Waals surface area contributed by atoms with E-state index >= 15 is 0 Å². The Morgan fingerprint density at radius 1 is 1.11 bits per heavy atom. The predicted octanol–water partition coefficient (Wildman–Crippen LogP) is 2.87. The fraction of sp³-hybridized carbons (Fsp3) is 0.167. The molecule has 0 atom stereocenters. The van der Waals surface area contributed by atoms with Gasteiger partial charge in [-0.3, -0.25) is 0 Å². The van der Waals surface area contributed by atoms with E-state index in [0.717, 1.165) is 23.5 Å². The number of hydrogen-bond donors (Lipinski definition) is 2. The summed E-state index contributed by atoms with van der Waals surface area (Å²) in [5, 5.41) is 37.9. The maximum atomic E-state index is 10.1. The number of hydrogen-bond acceptors (Lipinski definition) is 7. The van der Waals surface area contributed by atoms with Gasteiger partial charge in [-0.15, -0.1) is 0 Å². The summed E-state index contributed by atoms with van der Waals surface area (Å²) in [6, 6.07) is 3.59. The van der Waals surface area contributed by atoms with E-state index in [2.05, 4.69) is 0 Å². The molecule has 0 unspecified atom stereocenters. The Hall–Kier alpha value is -1.96. The first-order valence-electron chi connectivity index (χ1n) is 5.07. The number of phenolic OH excluding ortho intramolecular Hbond substituents is 2. The number of ether oxygens (including phenoxy) is 1. The molecule has 0 fully saturated rings. The Kier molecular flexibility index (Phi) is 3.52. The zero-order valence-corrected chi connectivity index (χ0v) is 11.6. The van der Waals surface area contributed by atoms with Crippen LogP contribution in [0.25, 0.3) is 0 Å². The molecule has 1 heterocycles. The molecule has 96 valence electrons. The van der Waals surface area contributed by atoms with Crippen LogP contribution in [0.3, 0.4) is 0 Å². The Morgan fingerprint density at radius 2 is 1.63 bits per heavy atom. The Bertz CT molecular complexity index is 668. The van der Waals surface area contributed by atoms with Gasteiger partial charge in [0.1, 0.15) is 23.5 Å². The number of benzene rings is 1. The summed E-state index contributed by atoms with van der Waals surface area (Å²) < 4.78 is 5.49. The molecular formula is C12H8N2O3S2. The molecule has 1 aromatic rings. The first kappa shape index (κ1) is 13.5. The number of nitriles is 2. The van der Waals surface area contributed by atoms with Gasteiger partial charge in [-0.05, 0) is 6.92 Å². The molecule has 1 aliphatic rings. The molecule has 7 heteroatoms. The van der Waals surface area contributed by atoms with Crippen molar-refractivity contribution in [3.05, 3.63) is 15.4 Å². The lowest BCUT2D eigenvalue weighted by Crippen LogP contribution is -1.91. The zero-order chi connectivity index (χ0) is 14.2. The van der Waals surface area contributed by atoms with Gasteiger partial charge in [0.05, 0.1) is 21.1 Å². The molecule has 0 radical (unpaired) electrons. The van der Waals surface area contributed by atoms with Crippen LogP contribution >= 0.6 is 23.5 Å². The number of thioether (sulfide) groups is 2. The molecule has 2 N–H and O–H groups in total. The molecular weight excluding hydrogens is 284 g/mol. The number of rotatable bonds is 1. The van der Waals surface area contributed by atoms with Crippen LogP contribution in [0.2, 0.25) is 0 Å². The Morgan fingerprint density at radius 3 is 2.11 bits per heavy atom. The standard InChI is InChI=1S/C12H8N2O3S2/c1-5-7(15)10-11(8(16)9(5)17-2)19-12(18-10)6(3-13)4-14/h15-16H,1-2H3. The first-order chi connectivity index (χ1) is 9.04. The molecule has 0 bridgehead atoms. The quantitative estimate of drug-likeness (QED) is 0.606. The van der Waals surface area contributed by atoms with Crippen molar-refractivity contribution in [2.45, 2.75) is 16.7 Å². The zero-order valence-electron chi connectivity index (χ0n) is 10.0. The number of nitrogens with zero attached hydrogens (tertiary/aromatic N) is 2. The molecule has 1 aromatic carbocycles. The van der Waals surface area contributed by atoms with E-state index in [9.17, 15) is 10.2 Å². The summed E-state index contributed by atoms with van der Waals surface area (Å²) in [5.74, 6) is 0.101. The summed E-state index contributed by atoms with van der Waals surface area (Å²) in [5.41, 5.74) is 0.380. The summed E-state index contributed by atoms with van der Waals surface area (Å²) in [6.45, 7) is 1.62. The van der Waals surface area contributed by atoms with Gasteiger partial charge in [-0.1, -0.05) is 23.5 Å². The second-order valence-electron chi connectivity index (χ2n) is 3.60. The van der Waals surface area contributed by atoms with Gasteiger partial charge >= 0.3 is 0 Å². The Labute approximate surface area is 118 Å². The topological polar surface area (TPSA) is 97.3 Å². The number of phenols is 2. The van der Waals surface area contributed by atoms with Gasteiger partial charge in [0.15, 0.2) is 11.5 Å². The highest BCUT2D eigenvalue weighted by Crippen LogP contribution is 2.61. The normalized spacial score (nSPS) is 12.5. The van der Waals surface area contributed by atoms with Crippen molar-refractivity contribution < 1.29 is 14.9 Å². The SMILES string of the molecule is COc1c(C)c(O)c2c(c1O)SC(=C(C#N)C#N)S2. The smallest absolute Gasteiger partial charge is 0.173 e. The molecule has 0 amide bonds. The highest BCUT2D eigenvalue weighted by atomic mass is 32.2. The highest BCUT2D eigenvalue weighted by molar-refractivity contribution is 8.24. The van der Waals surface area contributed by atoms with E-state index in [0.29, 0.717) is 19.6 Å². The van der Waals surface area contributed by atoms with Gasteiger partial charge in [0.25, 0.3) is 0 Å². The minimum atomic E-state index is -0.0875. The summed E-state index contributed by atoms with van der Waals surface area (Å²) in [4.78, 5) is 0.849. The second kappa shape index (κ2) is 4.96. The summed E-state index contributed by atoms with van der Waals surface area (Å²) in [7, 11) is 1.40. The minimum Gasteiger partial charge on any atom is -0.506 e. The van der Waals surface area contributed by atoms with Crippen LogP contribution < -0.4 is 4.74 Å². The largest absolute Gasteiger partial charge is 0.506 e. The van der Waals surface area contributed by atoms with E-state index in [-0.39, 0.29) is 22.8 Å². The van der Waals surface area contributed by atoms with Crippen LogP contribution in [-0.4, -0.2) is 17.3 Å². The first-order valence-corrected chi connectivity index (χ1v) is 6.71. The molecule has 0 saturated heterocycles. The number of allylic oxidation sites excluding steroid dienone is 1. The van der Waals surface area contributed by atoms with Crippen molar-refractivity contribution in [3.8, 4) is 29.4 Å². The lowest BCUT2D eigenvalue weighted by atomic mass is 10.2. The van der Waals surface area contributed by atoms with E-state index in [1.54, 1.807) is 19.1 Å². The average molecular weight is 292 g/mol. The molecule has 1 aliphatic heterocycles. The molecule has 5 nitrogen and oxygen atoms in total. The van der Waals surface area contributed by atoms with Crippen molar-refractivity contribution in [1.29, 1.82) is 10.5 Å². The third-order valence-electron chi connectivity index (χ3n) is 2.57. The van der Waals surface area contributed by atoms with E-state index in [1.165, 1.54) is 7.11 Å². The van der Waals surface area contributed by atoms with Crippen molar-refractivity contribution >= 4 is 23.5 Å². The molecule has 0 saturated carbocycles. The fourth-order valence-corrected chi connectivity index (χ4v) is 4.13. The maximum Gasteiger partial charge on any atom is 0.173 e. The van der Waals surface area contributed by atoms with Gasteiger partial charge in [-0.25, -0.2) is 0 Å². The van der Waals surface area contributed by atoms with Gasteiger partial charge in [0, 0.05) is 5.56 Å². The number of fused-ring (bicyclic) bond motifs is 1. The van der Waals surface area contributed by atoms with E-state index in [4.69, 9.17) is 15.3 Å². The summed E-state index contributed by atoms with van der Waals surface area (Å²) >= 11 is 2.18. The minimum absolute atomic E-state index is 0.00706. The third kappa shape index (κ3) is 1.97. The van der Waals surface area contributed by atoms with Crippen molar-refractivity contribution in [2.75, 3.05) is 7.11 Å².